The van der Waals surface area contributed by atoms with Gasteiger partial charge in [-0.05, 0) is 41.3 Å². The summed E-state index contributed by atoms with van der Waals surface area (Å²) in [5, 5.41) is 3.24. The Morgan fingerprint density at radius 1 is 1.00 bits per heavy atom. The van der Waals surface area contributed by atoms with Gasteiger partial charge in [-0.1, -0.05) is 23.7 Å². The second-order valence-electron chi connectivity index (χ2n) is 2.86. The van der Waals surface area contributed by atoms with Gasteiger partial charge in [0.2, 0.25) is 0 Å². The molecule has 13 heavy (non-hydrogen) atoms. The molecule has 0 heterocycles. The maximum Gasteiger partial charge on any atom is 0.0412 e. The van der Waals surface area contributed by atoms with Gasteiger partial charge in [-0.2, -0.15) is 0 Å². The van der Waals surface area contributed by atoms with Gasteiger partial charge in [0.05, 0.1) is 0 Å². The van der Waals surface area contributed by atoms with Crippen molar-refractivity contribution in [2.75, 3.05) is 6.26 Å². The monoisotopic (exact) mass is 208 g/mol. The number of benzene rings is 2. The first-order chi connectivity index (χ1) is 6.29. The summed E-state index contributed by atoms with van der Waals surface area (Å²) in [5.41, 5.74) is 0. The third-order valence-corrected chi connectivity index (χ3v) is 2.97. The molecular weight excluding hydrogens is 200 g/mol. The number of rotatable bonds is 1. The molecule has 2 aromatic carbocycles. The zero-order valence-electron chi connectivity index (χ0n) is 7.25. The fraction of sp³-hybridized carbons (Fsp3) is 0.0909. The Hall–Kier alpha value is -0.660. The maximum absolute atomic E-state index is 5.91. The number of fused-ring (bicyclic) bond motifs is 1. The van der Waals surface area contributed by atoms with Crippen molar-refractivity contribution in [3.05, 3.63) is 41.4 Å². The van der Waals surface area contributed by atoms with Crippen molar-refractivity contribution in [3.63, 3.8) is 0 Å². The first kappa shape index (κ1) is 8.92. The average molecular weight is 209 g/mol. The van der Waals surface area contributed by atoms with E-state index in [0.717, 1.165) is 5.02 Å². The molecule has 2 heteroatoms. The number of hydrogen-bond acceptors (Lipinski definition) is 1. The maximum atomic E-state index is 5.91. The molecule has 0 nitrogen and oxygen atoms in total. The van der Waals surface area contributed by atoms with Crippen molar-refractivity contribution >= 4 is 34.1 Å². The van der Waals surface area contributed by atoms with Gasteiger partial charge < -0.3 is 0 Å². The highest BCUT2D eigenvalue weighted by molar-refractivity contribution is 7.98. The minimum atomic E-state index is 0.797. The molecule has 0 aliphatic heterocycles. The van der Waals surface area contributed by atoms with E-state index < -0.39 is 0 Å². The lowest BCUT2D eigenvalue weighted by molar-refractivity contribution is 1.51. The van der Waals surface area contributed by atoms with Crippen LogP contribution in [0.1, 0.15) is 0 Å². The van der Waals surface area contributed by atoms with Crippen LogP contribution in [0.5, 0.6) is 0 Å². The standard InChI is InChI=1S/C11H9ClS/c1-13-11-5-3-8-2-4-10(12)6-9(8)7-11/h2-7H,1H3. The number of hydrogen-bond donors (Lipinski definition) is 0. The van der Waals surface area contributed by atoms with Crippen LogP contribution in [0.3, 0.4) is 0 Å². The molecule has 2 rings (SSSR count). The molecule has 2 aromatic rings. The molecule has 0 bridgehead atoms. The molecule has 0 aliphatic carbocycles. The van der Waals surface area contributed by atoms with Gasteiger partial charge in [0.25, 0.3) is 0 Å². The second kappa shape index (κ2) is 3.60. The number of halogens is 1. The topological polar surface area (TPSA) is 0 Å². The average Bonchev–Trinajstić information content (AvgIpc) is 2.16. The van der Waals surface area contributed by atoms with Crippen LogP contribution in [0.25, 0.3) is 10.8 Å². The van der Waals surface area contributed by atoms with E-state index in [-0.39, 0.29) is 0 Å². The van der Waals surface area contributed by atoms with Crippen LogP contribution in [0, 0.1) is 0 Å². The van der Waals surface area contributed by atoms with Crippen molar-refractivity contribution in [1.82, 2.24) is 0 Å². The zero-order chi connectivity index (χ0) is 9.26. The van der Waals surface area contributed by atoms with E-state index in [2.05, 4.69) is 24.5 Å². The van der Waals surface area contributed by atoms with Crippen molar-refractivity contribution < 1.29 is 0 Å². The smallest absolute Gasteiger partial charge is 0.0412 e. The fourth-order valence-corrected chi connectivity index (χ4v) is 1.95. The van der Waals surface area contributed by atoms with E-state index in [1.54, 1.807) is 11.8 Å². The first-order valence-electron chi connectivity index (χ1n) is 4.03. The Kier molecular flexibility index (Phi) is 2.47. The Morgan fingerprint density at radius 2 is 1.77 bits per heavy atom. The van der Waals surface area contributed by atoms with Crippen molar-refractivity contribution in [2.24, 2.45) is 0 Å². The second-order valence-corrected chi connectivity index (χ2v) is 4.17. The predicted octanol–water partition coefficient (Wildman–Crippen LogP) is 4.22. The van der Waals surface area contributed by atoms with Gasteiger partial charge in [0, 0.05) is 9.92 Å². The summed E-state index contributed by atoms with van der Waals surface area (Å²) in [4.78, 5) is 1.27. The quantitative estimate of drug-likeness (QED) is 0.633. The fourth-order valence-electron chi connectivity index (χ4n) is 1.32. The summed E-state index contributed by atoms with van der Waals surface area (Å²) in [6, 6.07) is 12.4. The van der Waals surface area contributed by atoms with Crippen LogP contribution < -0.4 is 0 Å². The molecule has 66 valence electrons. The van der Waals surface area contributed by atoms with Gasteiger partial charge in [-0.15, -0.1) is 11.8 Å². The van der Waals surface area contributed by atoms with Crippen LogP contribution >= 0.6 is 23.4 Å². The Bertz CT molecular complexity index is 437. The largest absolute Gasteiger partial charge is 0.130 e. The molecule has 0 saturated heterocycles. The van der Waals surface area contributed by atoms with Crippen molar-refractivity contribution in [1.29, 1.82) is 0 Å². The molecular formula is C11H9ClS. The van der Waals surface area contributed by atoms with Gasteiger partial charge in [0.15, 0.2) is 0 Å². The van der Waals surface area contributed by atoms with E-state index in [0.29, 0.717) is 0 Å². The lowest BCUT2D eigenvalue weighted by atomic mass is 10.1. The van der Waals surface area contributed by atoms with Crippen LogP contribution in [-0.2, 0) is 0 Å². The van der Waals surface area contributed by atoms with E-state index >= 15 is 0 Å². The molecule has 0 fully saturated rings. The van der Waals surface area contributed by atoms with Crippen LogP contribution in [0.4, 0.5) is 0 Å². The molecule has 0 N–H and O–H groups in total. The summed E-state index contributed by atoms with van der Waals surface area (Å²) in [6.45, 7) is 0. The summed E-state index contributed by atoms with van der Waals surface area (Å²) in [5.74, 6) is 0. The summed E-state index contributed by atoms with van der Waals surface area (Å²) < 4.78 is 0. The third kappa shape index (κ3) is 1.82. The molecule has 0 radical (unpaired) electrons. The van der Waals surface area contributed by atoms with E-state index in [4.69, 9.17) is 11.6 Å². The lowest BCUT2D eigenvalue weighted by Crippen LogP contribution is -1.74. The lowest BCUT2D eigenvalue weighted by Gasteiger charge is -2.00. The zero-order valence-corrected chi connectivity index (χ0v) is 8.82. The van der Waals surface area contributed by atoms with E-state index in [9.17, 15) is 0 Å². The molecule has 0 unspecified atom stereocenters. The first-order valence-corrected chi connectivity index (χ1v) is 5.63. The van der Waals surface area contributed by atoms with E-state index in [1.807, 2.05) is 18.2 Å². The van der Waals surface area contributed by atoms with Crippen LogP contribution in [0.2, 0.25) is 5.02 Å². The van der Waals surface area contributed by atoms with Gasteiger partial charge in [-0.25, -0.2) is 0 Å². The highest BCUT2D eigenvalue weighted by atomic mass is 35.5. The summed E-state index contributed by atoms with van der Waals surface area (Å²) in [6.07, 6.45) is 2.08. The van der Waals surface area contributed by atoms with E-state index in [1.165, 1.54) is 15.7 Å². The van der Waals surface area contributed by atoms with Gasteiger partial charge in [0.1, 0.15) is 0 Å². The van der Waals surface area contributed by atoms with Gasteiger partial charge in [-0.3, -0.25) is 0 Å². The third-order valence-electron chi connectivity index (χ3n) is 2.01. The Labute approximate surface area is 86.9 Å². The van der Waals surface area contributed by atoms with Crippen LogP contribution in [-0.4, -0.2) is 6.26 Å². The molecule has 0 aliphatic rings. The van der Waals surface area contributed by atoms with Crippen molar-refractivity contribution in [3.8, 4) is 0 Å². The Balaban J connectivity index is 2.68. The SMILES string of the molecule is CSc1ccc2ccc(Cl)cc2c1. The summed E-state index contributed by atoms with van der Waals surface area (Å²) >= 11 is 7.65. The molecule has 0 spiro atoms. The summed E-state index contributed by atoms with van der Waals surface area (Å²) in [7, 11) is 0. The molecule has 0 amide bonds. The molecule has 0 aromatic heterocycles. The highest BCUT2D eigenvalue weighted by Gasteiger charge is 1.95. The molecule has 0 saturated carbocycles. The normalized spacial score (nSPS) is 10.6. The van der Waals surface area contributed by atoms with Gasteiger partial charge >= 0.3 is 0 Å². The van der Waals surface area contributed by atoms with Crippen LogP contribution in [0.15, 0.2) is 41.3 Å². The minimum absolute atomic E-state index is 0.797. The Morgan fingerprint density at radius 3 is 2.54 bits per heavy atom. The van der Waals surface area contributed by atoms with Crippen molar-refractivity contribution in [2.45, 2.75) is 4.90 Å². The molecule has 0 atom stereocenters. The number of thioether (sulfide) groups is 1. The minimum Gasteiger partial charge on any atom is -0.130 e. The predicted molar refractivity (Wildman–Crippen MR) is 60.7 cm³/mol. The highest BCUT2D eigenvalue weighted by Crippen LogP contribution is 2.24.